The molecule has 0 amide bonds. The van der Waals surface area contributed by atoms with Crippen LogP contribution >= 0.6 is 0 Å². The Morgan fingerprint density at radius 2 is 1.59 bits per heavy atom. The van der Waals surface area contributed by atoms with E-state index >= 15 is 0 Å². The molecule has 0 radical (unpaired) electrons. The van der Waals surface area contributed by atoms with Gasteiger partial charge in [-0.25, -0.2) is 0 Å². The molecular formula is C33H52O4. The van der Waals surface area contributed by atoms with Crippen LogP contribution in [0.4, 0.5) is 0 Å². The monoisotopic (exact) mass is 512 g/mol. The number of esters is 2. The average molecular weight is 513 g/mol. The zero-order valence-electron chi connectivity index (χ0n) is 25.0. The Balaban J connectivity index is 1.57. The molecule has 37 heavy (non-hydrogen) atoms. The average Bonchev–Trinajstić information content (AvgIpc) is 2.83. The first-order valence-corrected chi connectivity index (χ1v) is 15.2. The van der Waals surface area contributed by atoms with Gasteiger partial charge in [-0.3, -0.25) is 9.59 Å². The van der Waals surface area contributed by atoms with Gasteiger partial charge in [0.25, 0.3) is 0 Å². The van der Waals surface area contributed by atoms with Crippen LogP contribution in [0.15, 0.2) is 11.6 Å². The van der Waals surface area contributed by atoms with Crippen LogP contribution in [0.25, 0.3) is 0 Å². The summed E-state index contributed by atoms with van der Waals surface area (Å²) in [6.07, 6.45) is 12.4. The maximum absolute atomic E-state index is 13.4. The van der Waals surface area contributed by atoms with Gasteiger partial charge in [-0.05, 0) is 104 Å². The number of hydrogen-bond acceptors (Lipinski definition) is 4. The van der Waals surface area contributed by atoms with Gasteiger partial charge in [0.2, 0.25) is 0 Å². The van der Waals surface area contributed by atoms with Crippen molar-refractivity contribution < 1.29 is 19.1 Å². The summed E-state index contributed by atoms with van der Waals surface area (Å²) in [5.41, 5.74) is 1.76. The Morgan fingerprint density at radius 3 is 2.24 bits per heavy atom. The van der Waals surface area contributed by atoms with Gasteiger partial charge in [0.1, 0.15) is 6.10 Å². The van der Waals surface area contributed by atoms with Crippen molar-refractivity contribution in [2.45, 2.75) is 119 Å². The molecule has 4 fully saturated rings. The van der Waals surface area contributed by atoms with E-state index in [1.807, 2.05) is 0 Å². The lowest BCUT2D eigenvalue weighted by atomic mass is 9.33. The molecule has 0 bridgehead atoms. The van der Waals surface area contributed by atoms with E-state index in [4.69, 9.17) is 9.47 Å². The smallest absolute Gasteiger partial charge is 0.312 e. The van der Waals surface area contributed by atoms with Crippen LogP contribution in [0.3, 0.4) is 0 Å². The normalized spacial score (nSPS) is 50.4. The fraction of sp³-hybridized carbons (Fsp3) is 0.879. The minimum atomic E-state index is -0.347. The quantitative estimate of drug-likeness (QED) is 0.280. The third-order valence-corrected chi connectivity index (χ3v) is 13.8. The molecule has 0 spiro atoms. The Bertz CT molecular complexity index is 996. The number of methoxy groups -OCH3 is 1. The fourth-order valence-corrected chi connectivity index (χ4v) is 11.4. The minimum Gasteiger partial charge on any atom is -0.469 e. The van der Waals surface area contributed by atoms with Crippen molar-refractivity contribution in [2.75, 3.05) is 7.11 Å². The Labute approximate surface area is 225 Å². The second kappa shape index (κ2) is 8.59. The van der Waals surface area contributed by atoms with E-state index in [1.54, 1.807) is 19.6 Å². The second-order valence-electron chi connectivity index (χ2n) is 15.3. The highest BCUT2D eigenvalue weighted by molar-refractivity contribution is 5.78. The van der Waals surface area contributed by atoms with Crippen molar-refractivity contribution in [2.24, 2.45) is 56.7 Å². The number of carbonyl (C=O) groups excluding carboxylic acids is 2. The van der Waals surface area contributed by atoms with Crippen LogP contribution < -0.4 is 0 Å². The second-order valence-corrected chi connectivity index (χ2v) is 15.3. The van der Waals surface area contributed by atoms with Crippen molar-refractivity contribution in [3.05, 3.63) is 11.6 Å². The maximum atomic E-state index is 13.4. The largest absolute Gasteiger partial charge is 0.469 e. The van der Waals surface area contributed by atoms with Crippen molar-refractivity contribution in [1.82, 2.24) is 0 Å². The van der Waals surface area contributed by atoms with Crippen LogP contribution in [-0.2, 0) is 19.1 Å². The number of fused-ring (bicyclic) bond motifs is 7. The summed E-state index contributed by atoms with van der Waals surface area (Å²) in [7, 11) is 1.59. The van der Waals surface area contributed by atoms with Gasteiger partial charge in [0.15, 0.2) is 0 Å². The van der Waals surface area contributed by atoms with Gasteiger partial charge in [0, 0.05) is 12.3 Å². The molecule has 10 atom stereocenters. The molecule has 0 heterocycles. The fourth-order valence-electron chi connectivity index (χ4n) is 11.4. The van der Waals surface area contributed by atoms with Crippen LogP contribution in [-0.4, -0.2) is 25.2 Å². The van der Waals surface area contributed by atoms with E-state index in [1.165, 1.54) is 12.8 Å². The van der Waals surface area contributed by atoms with E-state index < -0.39 is 0 Å². The number of rotatable bonds is 2. The molecule has 0 aromatic heterocycles. The highest BCUT2D eigenvalue weighted by Gasteiger charge is 2.69. The topological polar surface area (TPSA) is 52.6 Å². The highest BCUT2D eigenvalue weighted by Crippen LogP contribution is 2.76. The standard InChI is InChI=1S/C33H52O4/c1-20-12-17-33(28(35)36-9)19-18-31(7)23(27(33)21(20)2)10-11-25-30(6)15-14-26(37-22(3)34)29(4,5)24(30)13-16-32(25,31)8/h10,20-21,24-27H,11-19H2,1-9H3/t20-,21+,24-,25-,26-,27-,30-,31+,32-,33+/m0/s1. The van der Waals surface area contributed by atoms with Crippen LogP contribution in [0.5, 0.6) is 0 Å². The molecule has 5 rings (SSSR count). The lowest BCUT2D eigenvalue weighted by molar-refractivity contribution is -0.214. The third kappa shape index (κ3) is 3.45. The molecule has 0 saturated heterocycles. The SMILES string of the molecule is COC(=O)[C@@]12CC[C@H](C)[C@@H](C)[C@H]1C1=CC[C@H]3[C@@]4(C)CC[C@H](OC(C)=O)C(C)(C)[C@@H]4CC[C@]3(C)[C@]1(C)CC2. The van der Waals surface area contributed by atoms with E-state index in [9.17, 15) is 9.59 Å². The summed E-state index contributed by atoms with van der Waals surface area (Å²) in [6.45, 7) is 18.8. The first-order chi connectivity index (χ1) is 17.2. The van der Waals surface area contributed by atoms with Gasteiger partial charge in [0.05, 0.1) is 12.5 Å². The number of hydrogen-bond donors (Lipinski definition) is 0. The molecule has 5 aliphatic rings. The van der Waals surface area contributed by atoms with Crippen molar-refractivity contribution in [3.8, 4) is 0 Å². The molecule has 0 aliphatic heterocycles. The molecule has 4 nitrogen and oxygen atoms in total. The zero-order valence-corrected chi connectivity index (χ0v) is 25.0. The minimum absolute atomic E-state index is 0.0117. The molecule has 0 N–H and O–H groups in total. The molecule has 208 valence electrons. The third-order valence-electron chi connectivity index (χ3n) is 13.8. The summed E-state index contributed by atoms with van der Waals surface area (Å²) in [5.74, 6) is 2.45. The molecular weight excluding hydrogens is 460 g/mol. The predicted octanol–water partition coefficient (Wildman–Crippen LogP) is 7.75. The van der Waals surface area contributed by atoms with Gasteiger partial charge >= 0.3 is 11.9 Å². The number of ether oxygens (including phenoxy) is 2. The highest BCUT2D eigenvalue weighted by atomic mass is 16.5. The van der Waals surface area contributed by atoms with Crippen molar-refractivity contribution in [3.63, 3.8) is 0 Å². The Morgan fingerprint density at radius 1 is 0.892 bits per heavy atom. The van der Waals surface area contributed by atoms with Gasteiger partial charge in [-0.1, -0.05) is 60.1 Å². The van der Waals surface area contributed by atoms with Crippen molar-refractivity contribution >= 4 is 11.9 Å². The number of carbonyl (C=O) groups is 2. The van der Waals surface area contributed by atoms with E-state index in [0.717, 1.165) is 44.9 Å². The van der Waals surface area contributed by atoms with E-state index in [-0.39, 0.29) is 45.1 Å². The van der Waals surface area contributed by atoms with Crippen LogP contribution in [0, 0.1) is 56.7 Å². The lowest BCUT2D eigenvalue weighted by Crippen LogP contribution is -2.65. The number of allylic oxidation sites excluding steroid dienone is 2. The maximum Gasteiger partial charge on any atom is 0.312 e. The molecule has 4 heteroatoms. The first-order valence-electron chi connectivity index (χ1n) is 15.2. The van der Waals surface area contributed by atoms with E-state index in [0.29, 0.717) is 29.6 Å². The first kappa shape index (κ1) is 27.3. The lowest BCUT2D eigenvalue weighted by Gasteiger charge is -2.71. The Hall–Kier alpha value is -1.32. The summed E-state index contributed by atoms with van der Waals surface area (Å²) < 4.78 is 11.4. The van der Waals surface area contributed by atoms with Gasteiger partial charge in [-0.15, -0.1) is 0 Å². The summed E-state index contributed by atoms with van der Waals surface area (Å²) in [5, 5.41) is 0. The van der Waals surface area contributed by atoms with E-state index in [2.05, 4.69) is 54.5 Å². The zero-order chi connectivity index (χ0) is 27.2. The Kier molecular flexibility index (Phi) is 6.33. The van der Waals surface area contributed by atoms with Crippen LogP contribution in [0.1, 0.15) is 113 Å². The van der Waals surface area contributed by atoms with Gasteiger partial charge < -0.3 is 9.47 Å². The van der Waals surface area contributed by atoms with Gasteiger partial charge in [-0.2, -0.15) is 0 Å². The summed E-state index contributed by atoms with van der Waals surface area (Å²) >= 11 is 0. The molecule has 0 unspecified atom stereocenters. The predicted molar refractivity (Wildman–Crippen MR) is 147 cm³/mol. The molecule has 5 aliphatic carbocycles. The molecule has 0 aromatic rings. The summed E-state index contributed by atoms with van der Waals surface area (Å²) in [4.78, 5) is 25.4. The van der Waals surface area contributed by atoms with Crippen LogP contribution in [0.2, 0.25) is 0 Å². The molecule has 4 saturated carbocycles. The van der Waals surface area contributed by atoms with Crippen molar-refractivity contribution in [1.29, 1.82) is 0 Å². The summed E-state index contributed by atoms with van der Waals surface area (Å²) in [6, 6.07) is 0. The molecule has 0 aromatic carbocycles.